The van der Waals surface area contributed by atoms with Crippen molar-refractivity contribution in [1.82, 2.24) is 9.88 Å². The molecule has 6 nitrogen and oxygen atoms in total. The zero-order chi connectivity index (χ0) is 18.2. The van der Waals surface area contributed by atoms with Crippen molar-refractivity contribution >= 4 is 22.8 Å². The van der Waals surface area contributed by atoms with E-state index < -0.39 is 23.3 Å². The van der Waals surface area contributed by atoms with E-state index in [0.717, 1.165) is 12.8 Å². The Labute approximate surface area is 145 Å². The Morgan fingerprint density at radius 2 is 2.00 bits per heavy atom. The number of aryl methyl sites for hydroxylation is 1. The number of aliphatic carboxylic acids is 1. The molecule has 1 aliphatic carbocycles. The average molecular weight is 342 g/mol. The van der Waals surface area contributed by atoms with Crippen molar-refractivity contribution in [3.05, 3.63) is 46.2 Å². The average Bonchev–Trinajstić information content (AvgIpc) is 2.57. The van der Waals surface area contributed by atoms with Gasteiger partial charge in [0.15, 0.2) is 0 Å². The Hall–Kier alpha value is -2.63. The Kier molecular flexibility index (Phi) is 4.37. The molecule has 1 aromatic heterocycles. The molecular formula is C19H22N2O4. The van der Waals surface area contributed by atoms with Crippen molar-refractivity contribution in [3.8, 4) is 0 Å². The van der Waals surface area contributed by atoms with Gasteiger partial charge in [0.05, 0.1) is 22.5 Å². The molecule has 2 aromatic rings. The Morgan fingerprint density at radius 1 is 1.28 bits per heavy atom. The van der Waals surface area contributed by atoms with Crippen LogP contribution in [-0.4, -0.2) is 27.1 Å². The van der Waals surface area contributed by atoms with E-state index in [1.165, 1.54) is 10.6 Å². The van der Waals surface area contributed by atoms with Gasteiger partial charge in [-0.05, 0) is 25.8 Å². The van der Waals surface area contributed by atoms with E-state index in [-0.39, 0.29) is 11.1 Å². The summed E-state index contributed by atoms with van der Waals surface area (Å²) in [7, 11) is 1.66. The number of aromatic nitrogens is 1. The molecule has 6 heteroatoms. The number of fused-ring (bicyclic) bond motifs is 1. The van der Waals surface area contributed by atoms with Crippen LogP contribution in [0.3, 0.4) is 0 Å². The Balaban J connectivity index is 2.02. The molecule has 1 saturated carbocycles. The van der Waals surface area contributed by atoms with Crippen LogP contribution in [-0.2, 0) is 11.8 Å². The van der Waals surface area contributed by atoms with Crippen molar-refractivity contribution in [1.29, 1.82) is 0 Å². The molecule has 0 bridgehead atoms. The first-order chi connectivity index (χ1) is 11.8. The van der Waals surface area contributed by atoms with E-state index >= 15 is 0 Å². The summed E-state index contributed by atoms with van der Waals surface area (Å²) in [4.78, 5) is 36.7. The van der Waals surface area contributed by atoms with Crippen LogP contribution in [0.25, 0.3) is 10.9 Å². The molecule has 0 saturated heterocycles. The fourth-order valence-electron chi connectivity index (χ4n) is 3.80. The molecule has 0 radical (unpaired) electrons. The second kappa shape index (κ2) is 6.35. The second-order valence-electron chi connectivity index (χ2n) is 6.98. The monoisotopic (exact) mass is 342 g/mol. The van der Waals surface area contributed by atoms with Gasteiger partial charge < -0.3 is 15.0 Å². The highest BCUT2D eigenvalue weighted by molar-refractivity contribution is 6.06. The molecule has 2 atom stereocenters. The van der Waals surface area contributed by atoms with Gasteiger partial charge in [-0.3, -0.25) is 14.4 Å². The molecule has 3 rings (SSSR count). The van der Waals surface area contributed by atoms with Gasteiger partial charge in [0, 0.05) is 18.5 Å². The lowest BCUT2D eigenvalue weighted by Crippen LogP contribution is -2.55. The van der Waals surface area contributed by atoms with Crippen LogP contribution < -0.4 is 10.9 Å². The van der Waals surface area contributed by atoms with Crippen LogP contribution in [0.15, 0.2) is 35.1 Å². The normalized spacial score (nSPS) is 23.4. The third-order valence-electron chi connectivity index (χ3n) is 5.30. The zero-order valence-corrected chi connectivity index (χ0v) is 14.4. The fraction of sp³-hybridized carbons (Fsp3) is 0.421. The third kappa shape index (κ3) is 3.04. The van der Waals surface area contributed by atoms with Crippen LogP contribution in [0.1, 0.15) is 43.0 Å². The number of carboxylic acids is 1. The largest absolute Gasteiger partial charge is 0.481 e. The number of pyridine rings is 1. The predicted octanol–water partition coefficient (Wildman–Crippen LogP) is 2.30. The van der Waals surface area contributed by atoms with Crippen LogP contribution in [0.2, 0.25) is 0 Å². The van der Waals surface area contributed by atoms with Gasteiger partial charge in [-0.1, -0.05) is 31.0 Å². The van der Waals surface area contributed by atoms with Crippen LogP contribution in [0.4, 0.5) is 0 Å². The van der Waals surface area contributed by atoms with Gasteiger partial charge in [-0.25, -0.2) is 0 Å². The minimum Gasteiger partial charge on any atom is -0.481 e. The smallest absolute Gasteiger partial charge is 0.308 e. The lowest BCUT2D eigenvalue weighted by atomic mass is 9.73. The van der Waals surface area contributed by atoms with E-state index in [2.05, 4.69) is 5.32 Å². The van der Waals surface area contributed by atoms with Gasteiger partial charge >= 0.3 is 5.97 Å². The van der Waals surface area contributed by atoms with E-state index in [4.69, 9.17) is 0 Å². The quantitative estimate of drug-likeness (QED) is 0.896. The summed E-state index contributed by atoms with van der Waals surface area (Å²) >= 11 is 0. The number of para-hydroxylation sites is 1. The highest BCUT2D eigenvalue weighted by atomic mass is 16.4. The SMILES string of the molecule is Cn1c(=O)cc(C(=O)NC2(C)CCCCC2C(=O)O)c2ccccc21. The second-order valence-corrected chi connectivity index (χ2v) is 6.98. The Bertz CT molecular complexity index is 902. The topological polar surface area (TPSA) is 88.4 Å². The minimum atomic E-state index is -0.892. The van der Waals surface area contributed by atoms with Crippen LogP contribution in [0, 0.1) is 5.92 Å². The predicted molar refractivity (Wildman–Crippen MR) is 94.7 cm³/mol. The molecule has 0 aliphatic heterocycles. The van der Waals surface area contributed by atoms with Crippen LogP contribution in [0.5, 0.6) is 0 Å². The lowest BCUT2D eigenvalue weighted by molar-refractivity contribution is -0.145. The first-order valence-electron chi connectivity index (χ1n) is 8.47. The van der Waals surface area contributed by atoms with Gasteiger partial charge in [0.1, 0.15) is 0 Å². The number of amides is 1. The molecule has 1 aromatic carbocycles. The number of benzene rings is 1. The maximum Gasteiger partial charge on any atom is 0.308 e. The van der Waals surface area contributed by atoms with Gasteiger partial charge in [-0.15, -0.1) is 0 Å². The number of nitrogens with one attached hydrogen (secondary N) is 1. The maximum atomic E-state index is 12.9. The number of hydrogen-bond donors (Lipinski definition) is 2. The number of rotatable bonds is 3. The van der Waals surface area contributed by atoms with Crippen molar-refractivity contribution < 1.29 is 14.7 Å². The first-order valence-corrected chi connectivity index (χ1v) is 8.47. The molecule has 25 heavy (non-hydrogen) atoms. The maximum absolute atomic E-state index is 12.9. The minimum absolute atomic E-state index is 0.271. The molecule has 1 heterocycles. The molecule has 1 amide bonds. The third-order valence-corrected chi connectivity index (χ3v) is 5.30. The molecular weight excluding hydrogens is 320 g/mol. The fourth-order valence-corrected chi connectivity index (χ4v) is 3.80. The standard InChI is InChI=1S/C19H22N2O4/c1-19(10-6-5-8-14(19)18(24)25)20-17(23)13-11-16(22)21(2)15-9-4-3-7-12(13)15/h3-4,7,9,11,14H,5-6,8,10H2,1-2H3,(H,20,23)(H,24,25). The van der Waals surface area contributed by atoms with Crippen molar-refractivity contribution in [2.75, 3.05) is 0 Å². The summed E-state index contributed by atoms with van der Waals surface area (Å²) in [6, 6.07) is 8.52. The van der Waals surface area contributed by atoms with Gasteiger partial charge in [0.25, 0.3) is 11.5 Å². The first kappa shape index (κ1) is 17.2. The number of carbonyl (C=O) groups excluding carboxylic acids is 1. The molecule has 1 fully saturated rings. The van der Waals surface area contributed by atoms with Gasteiger partial charge in [0.2, 0.25) is 0 Å². The highest BCUT2D eigenvalue weighted by Gasteiger charge is 2.42. The summed E-state index contributed by atoms with van der Waals surface area (Å²) in [6.45, 7) is 1.78. The highest BCUT2D eigenvalue weighted by Crippen LogP contribution is 2.34. The summed E-state index contributed by atoms with van der Waals surface area (Å²) in [5, 5.41) is 13.1. The van der Waals surface area contributed by atoms with Crippen molar-refractivity contribution in [2.24, 2.45) is 13.0 Å². The number of hydrogen-bond acceptors (Lipinski definition) is 3. The van der Waals surface area contributed by atoms with Crippen LogP contribution >= 0.6 is 0 Å². The van der Waals surface area contributed by atoms with E-state index in [1.807, 2.05) is 12.1 Å². The van der Waals surface area contributed by atoms with E-state index in [1.54, 1.807) is 26.1 Å². The Morgan fingerprint density at radius 3 is 2.72 bits per heavy atom. The van der Waals surface area contributed by atoms with E-state index in [9.17, 15) is 19.5 Å². The summed E-state index contributed by atoms with van der Waals surface area (Å²) in [6.07, 6.45) is 2.87. The summed E-state index contributed by atoms with van der Waals surface area (Å²) in [5.74, 6) is -1.91. The lowest BCUT2D eigenvalue weighted by Gasteiger charge is -2.39. The van der Waals surface area contributed by atoms with Crippen molar-refractivity contribution in [2.45, 2.75) is 38.1 Å². The molecule has 2 N–H and O–H groups in total. The number of nitrogens with zero attached hydrogens (tertiary/aromatic N) is 1. The summed E-state index contributed by atoms with van der Waals surface area (Å²) in [5.41, 5.74) is -0.130. The molecule has 2 unspecified atom stereocenters. The summed E-state index contributed by atoms with van der Waals surface area (Å²) < 4.78 is 1.49. The van der Waals surface area contributed by atoms with E-state index in [0.29, 0.717) is 23.7 Å². The van der Waals surface area contributed by atoms with Gasteiger partial charge in [-0.2, -0.15) is 0 Å². The number of carbonyl (C=O) groups is 2. The van der Waals surface area contributed by atoms with Crippen molar-refractivity contribution in [3.63, 3.8) is 0 Å². The molecule has 132 valence electrons. The molecule has 1 aliphatic rings. The molecule has 0 spiro atoms. The zero-order valence-electron chi connectivity index (χ0n) is 14.4. The number of carboxylic acid groups (broad SMARTS) is 1.